The third-order valence-corrected chi connectivity index (χ3v) is 3.94. The number of carbonyl (C=O) groups excluding carboxylic acids is 2. The monoisotopic (exact) mass is 360 g/mol. The highest BCUT2D eigenvalue weighted by molar-refractivity contribution is 7.99. The number of nitrogens with one attached hydrogen (secondary N) is 1. The molecular weight excluding hydrogens is 351 g/mol. The number of halogens is 2. The topological polar surface area (TPSA) is 129 Å². The summed E-state index contributed by atoms with van der Waals surface area (Å²) in [6, 6.07) is 3.92. The van der Waals surface area contributed by atoms with E-state index in [1.807, 2.05) is 5.32 Å². The van der Waals surface area contributed by atoms with Crippen molar-refractivity contribution in [1.29, 1.82) is 0 Å². The third kappa shape index (κ3) is 3.81. The van der Waals surface area contributed by atoms with E-state index in [2.05, 4.69) is 10.2 Å². The largest absolute Gasteiger partial charge is 0.351 e. The number of nitrogen functional groups attached to an aromatic ring is 1. The summed E-state index contributed by atoms with van der Waals surface area (Å²) >= 11 is 13.0. The molecular formula is C11H10Cl2N6O2S. The molecule has 0 aliphatic rings. The van der Waals surface area contributed by atoms with Crippen LogP contribution >= 0.6 is 35.0 Å². The maximum atomic E-state index is 11.3. The summed E-state index contributed by atoms with van der Waals surface area (Å²) < 4.78 is 1.18. The van der Waals surface area contributed by atoms with Gasteiger partial charge in [0.05, 0.1) is 10.8 Å². The zero-order chi connectivity index (χ0) is 16.3. The molecule has 0 aliphatic heterocycles. The zero-order valence-corrected chi connectivity index (χ0v) is 13.2. The van der Waals surface area contributed by atoms with Gasteiger partial charge in [0.2, 0.25) is 11.1 Å². The van der Waals surface area contributed by atoms with E-state index in [4.69, 9.17) is 34.8 Å². The van der Waals surface area contributed by atoms with Crippen molar-refractivity contribution in [2.75, 3.05) is 11.6 Å². The van der Waals surface area contributed by atoms with Crippen molar-refractivity contribution in [3.05, 3.63) is 28.2 Å². The van der Waals surface area contributed by atoms with Crippen LogP contribution in [0.4, 0.5) is 4.79 Å². The third-order valence-electron chi connectivity index (χ3n) is 2.43. The first-order valence-corrected chi connectivity index (χ1v) is 7.50. The molecule has 11 heteroatoms. The number of imide groups is 1. The Hall–Kier alpha value is -1.97. The van der Waals surface area contributed by atoms with E-state index in [0.717, 1.165) is 11.8 Å². The highest BCUT2D eigenvalue weighted by Gasteiger charge is 2.16. The van der Waals surface area contributed by atoms with E-state index in [1.54, 1.807) is 18.2 Å². The highest BCUT2D eigenvalue weighted by atomic mass is 35.5. The maximum absolute atomic E-state index is 11.3. The van der Waals surface area contributed by atoms with Crippen LogP contribution in [0.3, 0.4) is 0 Å². The molecule has 8 nitrogen and oxygen atoms in total. The quantitative estimate of drug-likeness (QED) is 0.555. The predicted molar refractivity (Wildman–Crippen MR) is 84.1 cm³/mol. The Bertz CT molecular complexity index is 735. The van der Waals surface area contributed by atoms with Gasteiger partial charge in [0.1, 0.15) is 0 Å². The molecule has 0 fully saturated rings. The fraction of sp³-hybridized carbons (Fsp3) is 0.0909. The van der Waals surface area contributed by atoms with Crippen molar-refractivity contribution >= 4 is 46.9 Å². The molecule has 0 bridgehead atoms. The number of nitrogens with zero attached hydrogens (tertiary/aromatic N) is 3. The zero-order valence-electron chi connectivity index (χ0n) is 10.9. The van der Waals surface area contributed by atoms with Crippen molar-refractivity contribution in [1.82, 2.24) is 20.2 Å². The van der Waals surface area contributed by atoms with Crippen molar-refractivity contribution < 1.29 is 9.59 Å². The molecule has 1 aromatic heterocycles. The minimum Gasteiger partial charge on any atom is -0.351 e. The van der Waals surface area contributed by atoms with E-state index >= 15 is 0 Å². The minimum absolute atomic E-state index is 0.0957. The Morgan fingerprint density at radius 1 is 1.32 bits per heavy atom. The van der Waals surface area contributed by atoms with Gasteiger partial charge in [-0.2, -0.15) is 0 Å². The number of thioether (sulfide) groups is 1. The lowest BCUT2D eigenvalue weighted by Crippen LogP contribution is -2.36. The molecule has 22 heavy (non-hydrogen) atoms. The van der Waals surface area contributed by atoms with E-state index in [-0.39, 0.29) is 10.9 Å². The van der Waals surface area contributed by atoms with E-state index < -0.39 is 11.9 Å². The average Bonchev–Trinajstić information content (AvgIpc) is 2.80. The lowest BCUT2D eigenvalue weighted by molar-refractivity contribution is -0.117. The highest BCUT2D eigenvalue weighted by Crippen LogP contribution is 2.30. The van der Waals surface area contributed by atoms with Crippen molar-refractivity contribution in [3.8, 4) is 11.4 Å². The fourth-order valence-electron chi connectivity index (χ4n) is 1.53. The Balaban J connectivity index is 2.17. The van der Waals surface area contributed by atoms with Crippen LogP contribution < -0.4 is 16.9 Å². The van der Waals surface area contributed by atoms with Crippen molar-refractivity contribution in [2.45, 2.75) is 5.16 Å². The number of hydrogen-bond donors (Lipinski definition) is 3. The molecule has 1 heterocycles. The molecule has 5 N–H and O–H groups in total. The minimum atomic E-state index is -0.925. The van der Waals surface area contributed by atoms with Crippen LogP contribution in [0.25, 0.3) is 11.4 Å². The number of primary amides is 1. The second-order valence-electron chi connectivity index (χ2n) is 4.00. The summed E-state index contributed by atoms with van der Waals surface area (Å²) in [6.45, 7) is 0. The molecule has 1 aromatic carbocycles. The van der Waals surface area contributed by atoms with E-state index in [9.17, 15) is 9.59 Å². The summed E-state index contributed by atoms with van der Waals surface area (Å²) in [6.07, 6.45) is 0. The molecule has 0 saturated heterocycles. The Labute approximate surface area is 139 Å². The van der Waals surface area contributed by atoms with Gasteiger partial charge in [0.25, 0.3) is 0 Å². The standard InChI is InChI=1S/C11H10Cl2N6O2S/c12-5-1-2-7(13)6(3-5)9-17-18-11(19(9)15)22-4-8(20)16-10(14)21/h1-3H,4,15H2,(H3,14,16,20,21). The van der Waals surface area contributed by atoms with E-state index in [0.29, 0.717) is 21.4 Å². The Kier molecular flexibility index (Phi) is 5.11. The second kappa shape index (κ2) is 6.86. The van der Waals surface area contributed by atoms with E-state index in [1.165, 1.54) is 4.68 Å². The molecule has 0 radical (unpaired) electrons. The van der Waals surface area contributed by atoms with Gasteiger partial charge < -0.3 is 11.6 Å². The molecule has 0 atom stereocenters. The fourth-order valence-corrected chi connectivity index (χ4v) is 2.56. The second-order valence-corrected chi connectivity index (χ2v) is 5.79. The lowest BCUT2D eigenvalue weighted by atomic mass is 10.2. The molecule has 116 valence electrons. The van der Waals surface area contributed by atoms with Crippen LogP contribution in [0.1, 0.15) is 0 Å². The summed E-state index contributed by atoms with van der Waals surface area (Å²) in [5.74, 6) is 5.52. The van der Waals surface area contributed by atoms with Gasteiger partial charge in [-0.3, -0.25) is 10.1 Å². The first-order chi connectivity index (χ1) is 10.4. The molecule has 0 saturated carbocycles. The normalized spacial score (nSPS) is 10.5. The summed E-state index contributed by atoms with van der Waals surface area (Å²) in [4.78, 5) is 21.9. The van der Waals surface area contributed by atoms with Crippen LogP contribution in [0, 0.1) is 0 Å². The van der Waals surface area contributed by atoms with Crippen LogP contribution in [0.2, 0.25) is 10.0 Å². The number of aromatic nitrogens is 3. The van der Waals surface area contributed by atoms with Crippen molar-refractivity contribution in [3.63, 3.8) is 0 Å². The average molecular weight is 361 g/mol. The van der Waals surface area contributed by atoms with Gasteiger partial charge in [-0.1, -0.05) is 35.0 Å². The van der Waals surface area contributed by atoms with Gasteiger partial charge in [0, 0.05) is 10.6 Å². The summed E-state index contributed by atoms with van der Waals surface area (Å²) in [5, 5.41) is 10.9. The van der Waals surface area contributed by atoms with Crippen LogP contribution in [0.5, 0.6) is 0 Å². The Morgan fingerprint density at radius 2 is 2.05 bits per heavy atom. The van der Waals surface area contributed by atoms with Gasteiger partial charge in [-0.25, -0.2) is 9.47 Å². The van der Waals surface area contributed by atoms with Gasteiger partial charge in [-0.15, -0.1) is 10.2 Å². The van der Waals surface area contributed by atoms with Crippen LogP contribution in [-0.4, -0.2) is 32.6 Å². The number of rotatable bonds is 4. The molecule has 3 amide bonds. The summed E-state index contributed by atoms with van der Waals surface area (Å²) in [7, 11) is 0. The molecule has 0 spiro atoms. The smallest absolute Gasteiger partial charge is 0.318 e. The van der Waals surface area contributed by atoms with Gasteiger partial charge in [-0.05, 0) is 18.2 Å². The molecule has 0 aliphatic carbocycles. The van der Waals surface area contributed by atoms with Crippen molar-refractivity contribution in [2.24, 2.45) is 5.73 Å². The number of carbonyl (C=O) groups is 2. The summed E-state index contributed by atoms with van der Waals surface area (Å²) in [5.41, 5.74) is 5.35. The lowest BCUT2D eigenvalue weighted by Gasteiger charge is -2.05. The first kappa shape index (κ1) is 16.4. The SMILES string of the molecule is NC(=O)NC(=O)CSc1nnc(-c2cc(Cl)ccc2Cl)n1N. The molecule has 2 rings (SSSR count). The maximum Gasteiger partial charge on any atom is 0.318 e. The number of urea groups is 1. The van der Waals surface area contributed by atoms with Gasteiger partial charge in [0.15, 0.2) is 5.82 Å². The predicted octanol–water partition coefficient (Wildman–Crippen LogP) is 1.25. The molecule has 2 aromatic rings. The van der Waals surface area contributed by atoms with Crippen LogP contribution in [-0.2, 0) is 4.79 Å². The van der Waals surface area contributed by atoms with Crippen LogP contribution in [0.15, 0.2) is 23.4 Å². The number of hydrogen-bond acceptors (Lipinski definition) is 6. The Morgan fingerprint density at radius 3 is 2.73 bits per heavy atom. The number of benzene rings is 1. The number of amides is 3. The number of nitrogens with two attached hydrogens (primary N) is 2. The van der Waals surface area contributed by atoms with Gasteiger partial charge >= 0.3 is 6.03 Å². The molecule has 0 unspecified atom stereocenters. The first-order valence-electron chi connectivity index (χ1n) is 5.76.